The fourth-order valence-corrected chi connectivity index (χ4v) is 4.31. The van der Waals surface area contributed by atoms with Gasteiger partial charge in [-0.1, -0.05) is 12.1 Å². The van der Waals surface area contributed by atoms with Gasteiger partial charge in [-0.25, -0.2) is 0 Å². The predicted molar refractivity (Wildman–Crippen MR) is 113 cm³/mol. The molecule has 5 heteroatoms. The van der Waals surface area contributed by atoms with E-state index in [9.17, 15) is 4.79 Å². The van der Waals surface area contributed by atoms with Crippen molar-refractivity contribution in [2.24, 2.45) is 5.92 Å². The molecule has 2 aromatic carbocycles. The van der Waals surface area contributed by atoms with E-state index in [0.29, 0.717) is 42.4 Å². The number of benzene rings is 2. The molecule has 2 aromatic rings. The SMILES string of the molecule is CCOc1cc(OCC)c2c(c1)C(=O)c1cccc(OCCCC3CCNC3)c1-2. The van der Waals surface area contributed by atoms with Gasteiger partial charge in [0.25, 0.3) is 0 Å². The number of carbonyl (C=O) groups is 1. The zero-order valence-electron chi connectivity index (χ0n) is 17.3. The topological polar surface area (TPSA) is 56.8 Å². The Kier molecular flexibility index (Phi) is 6.05. The Morgan fingerprint density at radius 2 is 1.83 bits per heavy atom. The van der Waals surface area contributed by atoms with Crippen LogP contribution in [0.15, 0.2) is 30.3 Å². The molecule has 1 aliphatic carbocycles. The van der Waals surface area contributed by atoms with Crippen molar-refractivity contribution in [3.05, 3.63) is 41.5 Å². The molecule has 0 aromatic heterocycles. The van der Waals surface area contributed by atoms with Gasteiger partial charge in [-0.15, -0.1) is 0 Å². The first kappa shape index (κ1) is 19.8. The van der Waals surface area contributed by atoms with Gasteiger partial charge in [-0.3, -0.25) is 4.79 Å². The summed E-state index contributed by atoms with van der Waals surface area (Å²) in [4.78, 5) is 13.1. The number of ether oxygens (including phenoxy) is 3. The molecule has 0 saturated carbocycles. The van der Waals surface area contributed by atoms with Crippen molar-refractivity contribution in [3.8, 4) is 28.4 Å². The van der Waals surface area contributed by atoms with Crippen molar-refractivity contribution >= 4 is 5.78 Å². The van der Waals surface area contributed by atoms with Crippen LogP contribution in [-0.2, 0) is 0 Å². The second kappa shape index (κ2) is 8.87. The highest BCUT2D eigenvalue weighted by Gasteiger charge is 2.33. The summed E-state index contributed by atoms with van der Waals surface area (Å²) in [6.45, 7) is 7.82. The minimum atomic E-state index is -0.0000128. The normalized spacial score (nSPS) is 17.2. The monoisotopic (exact) mass is 395 g/mol. The molecule has 1 atom stereocenters. The van der Waals surface area contributed by atoms with E-state index in [1.807, 2.05) is 44.2 Å². The van der Waals surface area contributed by atoms with Crippen LogP contribution in [0.25, 0.3) is 11.1 Å². The largest absolute Gasteiger partial charge is 0.494 e. The Bertz CT molecular complexity index is 887. The molecule has 1 unspecified atom stereocenters. The Labute approximate surface area is 172 Å². The van der Waals surface area contributed by atoms with Gasteiger partial charge in [0, 0.05) is 28.3 Å². The zero-order valence-corrected chi connectivity index (χ0v) is 17.3. The Hall–Kier alpha value is -2.53. The number of rotatable bonds is 9. The molecule has 2 aliphatic rings. The maximum absolute atomic E-state index is 13.1. The molecule has 154 valence electrons. The Balaban J connectivity index is 1.61. The smallest absolute Gasteiger partial charge is 0.194 e. The highest BCUT2D eigenvalue weighted by Crippen LogP contribution is 2.49. The number of hydrogen-bond donors (Lipinski definition) is 1. The van der Waals surface area contributed by atoms with E-state index in [2.05, 4.69) is 5.32 Å². The van der Waals surface area contributed by atoms with Crippen LogP contribution < -0.4 is 19.5 Å². The number of nitrogens with one attached hydrogen (secondary N) is 1. The summed E-state index contributed by atoms with van der Waals surface area (Å²) in [5, 5.41) is 3.41. The number of carbonyl (C=O) groups excluding carboxylic acids is 1. The lowest BCUT2D eigenvalue weighted by Gasteiger charge is -2.15. The molecule has 4 rings (SSSR count). The van der Waals surface area contributed by atoms with E-state index in [0.717, 1.165) is 42.3 Å². The summed E-state index contributed by atoms with van der Waals surface area (Å²) in [6, 6.07) is 9.40. The quantitative estimate of drug-likeness (QED) is 0.542. The van der Waals surface area contributed by atoms with Crippen molar-refractivity contribution in [2.75, 3.05) is 32.9 Å². The number of ketones is 1. The first-order chi connectivity index (χ1) is 14.2. The van der Waals surface area contributed by atoms with Gasteiger partial charge in [-0.2, -0.15) is 0 Å². The lowest BCUT2D eigenvalue weighted by molar-refractivity contribution is 0.104. The van der Waals surface area contributed by atoms with Gasteiger partial charge in [0.15, 0.2) is 5.78 Å². The van der Waals surface area contributed by atoms with Gasteiger partial charge in [-0.05, 0) is 64.3 Å². The maximum atomic E-state index is 13.1. The fourth-order valence-electron chi connectivity index (χ4n) is 4.31. The molecule has 0 amide bonds. The van der Waals surface area contributed by atoms with E-state index < -0.39 is 0 Å². The second-order valence-electron chi connectivity index (χ2n) is 7.57. The summed E-state index contributed by atoms with van der Waals surface area (Å²) in [5.74, 6) is 2.84. The lowest BCUT2D eigenvalue weighted by atomic mass is 10.0. The molecule has 1 fully saturated rings. The molecule has 29 heavy (non-hydrogen) atoms. The van der Waals surface area contributed by atoms with Gasteiger partial charge in [0.1, 0.15) is 17.2 Å². The summed E-state index contributed by atoms with van der Waals surface area (Å²) in [5.41, 5.74) is 2.97. The first-order valence-electron chi connectivity index (χ1n) is 10.7. The molecule has 1 aliphatic heterocycles. The zero-order chi connectivity index (χ0) is 20.2. The number of fused-ring (bicyclic) bond motifs is 3. The first-order valence-corrected chi connectivity index (χ1v) is 10.7. The summed E-state index contributed by atoms with van der Waals surface area (Å²) in [6.07, 6.45) is 3.43. The second-order valence-corrected chi connectivity index (χ2v) is 7.57. The highest BCUT2D eigenvalue weighted by molar-refractivity contribution is 6.23. The van der Waals surface area contributed by atoms with Crippen molar-refractivity contribution in [2.45, 2.75) is 33.1 Å². The molecule has 0 bridgehead atoms. The molecule has 1 saturated heterocycles. The lowest BCUT2D eigenvalue weighted by Crippen LogP contribution is -2.10. The fraction of sp³-hybridized carbons (Fsp3) is 0.458. The van der Waals surface area contributed by atoms with E-state index in [-0.39, 0.29) is 5.78 Å². The van der Waals surface area contributed by atoms with E-state index in [1.54, 1.807) is 0 Å². The summed E-state index contributed by atoms with van der Waals surface area (Å²) >= 11 is 0. The Morgan fingerprint density at radius 1 is 1.00 bits per heavy atom. The van der Waals surface area contributed by atoms with E-state index in [1.165, 1.54) is 12.8 Å². The van der Waals surface area contributed by atoms with Crippen molar-refractivity contribution in [3.63, 3.8) is 0 Å². The minimum absolute atomic E-state index is 0.0000128. The standard InChI is InChI=1S/C24H29NO4/c1-3-27-17-13-19-23(21(14-17)28-4-2)22-18(24(19)26)8-5-9-20(22)29-12-6-7-16-10-11-25-15-16/h5,8-9,13-14,16,25H,3-4,6-7,10-12,15H2,1-2H3. The van der Waals surface area contributed by atoms with Gasteiger partial charge < -0.3 is 19.5 Å². The third kappa shape index (κ3) is 3.97. The molecule has 5 nitrogen and oxygen atoms in total. The number of hydrogen-bond acceptors (Lipinski definition) is 5. The van der Waals surface area contributed by atoms with Crippen molar-refractivity contribution in [1.29, 1.82) is 0 Å². The summed E-state index contributed by atoms with van der Waals surface area (Å²) < 4.78 is 17.7. The predicted octanol–water partition coefficient (Wildman–Crippen LogP) is 4.46. The third-order valence-corrected chi connectivity index (χ3v) is 5.63. The van der Waals surface area contributed by atoms with E-state index >= 15 is 0 Å². The van der Waals surface area contributed by atoms with Crippen LogP contribution in [0.4, 0.5) is 0 Å². The highest BCUT2D eigenvalue weighted by atomic mass is 16.5. The van der Waals surface area contributed by atoms with Crippen molar-refractivity contribution in [1.82, 2.24) is 5.32 Å². The van der Waals surface area contributed by atoms with Crippen LogP contribution in [-0.4, -0.2) is 38.7 Å². The van der Waals surface area contributed by atoms with Crippen LogP contribution in [0.5, 0.6) is 17.2 Å². The molecular weight excluding hydrogens is 366 g/mol. The van der Waals surface area contributed by atoms with Crippen LogP contribution >= 0.6 is 0 Å². The van der Waals surface area contributed by atoms with Crippen LogP contribution in [0, 0.1) is 5.92 Å². The van der Waals surface area contributed by atoms with Crippen LogP contribution in [0.3, 0.4) is 0 Å². The molecule has 0 spiro atoms. The maximum Gasteiger partial charge on any atom is 0.194 e. The molecular formula is C24H29NO4. The summed E-state index contributed by atoms with van der Waals surface area (Å²) in [7, 11) is 0. The average Bonchev–Trinajstić information content (AvgIpc) is 3.34. The van der Waals surface area contributed by atoms with Gasteiger partial charge in [0.05, 0.1) is 19.8 Å². The van der Waals surface area contributed by atoms with Gasteiger partial charge >= 0.3 is 0 Å². The third-order valence-electron chi connectivity index (χ3n) is 5.63. The molecule has 0 radical (unpaired) electrons. The van der Waals surface area contributed by atoms with E-state index in [4.69, 9.17) is 14.2 Å². The van der Waals surface area contributed by atoms with Crippen LogP contribution in [0.2, 0.25) is 0 Å². The van der Waals surface area contributed by atoms with Crippen molar-refractivity contribution < 1.29 is 19.0 Å². The Morgan fingerprint density at radius 3 is 2.59 bits per heavy atom. The van der Waals surface area contributed by atoms with Crippen LogP contribution in [0.1, 0.15) is 49.0 Å². The van der Waals surface area contributed by atoms with Gasteiger partial charge in [0.2, 0.25) is 0 Å². The average molecular weight is 395 g/mol. The minimum Gasteiger partial charge on any atom is -0.494 e. The molecule has 1 heterocycles. The molecule has 1 N–H and O–H groups in total.